The van der Waals surface area contributed by atoms with Gasteiger partial charge in [-0.2, -0.15) is 0 Å². The second-order valence-corrected chi connectivity index (χ2v) is 4.73. The third kappa shape index (κ3) is 4.27. The molecular weight excluding hydrogens is 258 g/mol. The van der Waals surface area contributed by atoms with Crippen LogP contribution in [0.5, 0.6) is 5.75 Å². The van der Waals surface area contributed by atoms with E-state index in [2.05, 4.69) is 18.3 Å². The van der Waals surface area contributed by atoms with Crippen LogP contribution >= 0.6 is 11.6 Å². The second-order valence-electron chi connectivity index (χ2n) is 4.29. The zero-order valence-corrected chi connectivity index (χ0v) is 11.7. The first kappa shape index (κ1) is 13.9. The smallest absolute Gasteiger partial charge is 0.119 e. The molecule has 0 saturated carbocycles. The standard InChI is InChI=1S/C16H18ClNO/c1-2-18-16(13-7-6-8-14(17)11-13)12-19-15-9-4-3-5-10-15/h3-11,16,18H,2,12H2,1H3. The van der Waals surface area contributed by atoms with Gasteiger partial charge in [0.15, 0.2) is 0 Å². The molecule has 0 heterocycles. The maximum Gasteiger partial charge on any atom is 0.119 e. The summed E-state index contributed by atoms with van der Waals surface area (Å²) in [6, 6.07) is 17.9. The SMILES string of the molecule is CCNC(COc1ccccc1)c1cccc(Cl)c1. The van der Waals surface area contributed by atoms with Crippen LogP contribution in [0.4, 0.5) is 0 Å². The summed E-state index contributed by atoms with van der Waals surface area (Å²) in [5.74, 6) is 0.882. The first-order valence-electron chi connectivity index (χ1n) is 6.46. The van der Waals surface area contributed by atoms with Crippen molar-refractivity contribution in [2.45, 2.75) is 13.0 Å². The quantitative estimate of drug-likeness (QED) is 0.858. The fourth-order valence-corrected chi connectivity index (χ4v) is 2.14. The van der Waals surface area contributed by atoms with Crippen molar-refractivity contribution in [1.29, 1.82) is 0 Å². The molecule has 2 aromatic carbocycles. The third-order valence-corrected chi connectivity index (χ3v) is 3.10. The number of para-hydroxylation sites is 1. The Kier molecular flexibility index (Phi) is 5.25. The van der Waals surface area contributed by atoms with Gasteiger partial charge in [-0.25, -0.2) is 0 Å². The number of rotatable bonds is 6. The molecule has 2 aromatic rings. The number of hydrogen-bond acceptors (Lipinski definition) is 2. The van der Waals surface area contributed by atoms with Crippen molar-refractivity contribution in [2.24, 2.45) is 0 Å². The Balaban J connectivity index is 2.04. The van der Waals surface area contributed by atoms with Crippen LogP contribution in [-0.2, 0) is 0 Å². The predicted octanol–water partition coefficient (Wildman–Crippen LogP) is 4.07. The minimum Gasteiger partial charge on any atom is -0.492 e. The highest BCUT2D eigenvalue weighted by atomic mass is 35.5. The van der Waals surface area contributed by atoms with Gasteiger partial charge in [-0.05, 0) is 36.4 Å². The van der Waals surface area contributed by atoms with E-state index in [1.54, 1.807) is 0 Å². The molecule has 1 atom stereocenters. The molecule has 0 aliphatic carbocycles. The van der Waals surface area contributed by atoms with Crippen LogP contribution in [0.3, 0.4) is 0 Å². The van der Waals surface area contributed by atoms with E-state index in [0.29, 0.717) is 6.61 Å². The molecule has 2 nitrogen and oxygen atoms in total. The van der Waals surface area contributed by atoms with Crippen molar-refractivity contribution >= 4 is 11.6 Å². The molecule has 0 fully saturated rings. The molecule has 19 heavy (non-hydrogen) atoms. The zero-order chi connectivity index (χ0) is 13.5. The van der Waals surface area contributed by atoms with Gasteiger partial charge in [-0.3, -0.25) is 0 Å². The van der Waals surface area contributed by atoms with E-state index in [9.17, 15) is 0 Å². The number of likely N-dealkylation sites (N-methyl/N-ethyl adjacent to an activating group) is 1. The lowest BCUT2D eigenvalue weighted by Gasteiger charge is -2.19. The lowest BCUT2D eigenvalue weighted by Crippen LogP contribution is -2.26. The van der Waals surface area contributed by atoms with Crippen molar-refractivity contribution < 1.29 is 4.74 Å². The molecule has 0 aromatic heterocycles. The largest absolute Gasteiger partial charge is 0.492 e. The van der Waals surface area contributed by atoms with Gasteiger partial charge in [-0.15, -0.1) is 0 Å². The highest BCUT2D eigenvalue weighted by Gasteiger charge is 2.11. The average Bonchev–Trinajstić information content (AvgIpc) is 2.44. The molecule has 0 aliphatic rings. The summed E-state index contributed by atoms with van der Waals surface area (Å²) in [4.78, 5) is 0. The zero-order valence-electron chi connectivity index (χ0n) is 11.0. The van der Waals surface area contributed by atoms with Gasteiger partial charge in [0.1, 0.15) is 12.4 Å². The normalized spacial score (nSPS) is 12.1. The second kappa shape index (κ2) is 7.17. The van der Waals surface area contributed by atoms with Crippen LogP contribution in [0.2, 0.25) is 5.02 Å². The van der Waals surface area contributed by atoms with Crippen LogP contribution in [-0.4, -0.2) is 13.2 Å². The Morgan fingerprint density at radius 3 is 2.58 bits per heavy atom. The Morgan fingerprint density at radius 2 is 1.89 bits per heavy atom. The van der Waals surface area contributed by atoms with Crippen molar-refractivity contribution in [2.75, 3.05) is 13.2 Å². The molecule has 1 unspecified atom stereocenters. The summed E-state index contributed by atoms with van der Waals surface area (Å²) >= 11 is 6.04. The van der Waals surface area contributed by atoms with E-state index < -0.39 is 0 Å². The summed E-state index contributed by atoms with van der Waals surface area (Å²) in [5.41, 5.74) is 1.14. The van der Waals surface area contributed by atoms with Crippen LogP contribution in [0.15, 0.2) is 54.6 Å². The molecule has 2 rings (SSSR count). The van der Waals surface area contributed by atoms with Crippen molar-refractivity contribution in [3.8, 4) is 5.75 Å². The van der Waals surface area contributed by atoms with Crippen LogP contribution in [0, 0.1) is 0 Å². The summed E-state index contributed by atoms with van der Waals surface area (Å²) in [6.45, 7) is 3.55. The highest BCUT2D eigenvalue weighted by Crippen LogP contribution is 2.19. The van der Waals surface area contributed by atoms with Gasteiger partial charge in [0.05, 0.1) is 6.04 Å². The molecule has 3 heteroatoms. The number of benzene rings is 2. The van der Waals surface area contributed by atoms with Gasteiger partial charge in [0.25, 0.3) is 0 Å². The summed E-state index contributed by atoms with van der Waals surface area (Å²) in [6.07, 6.45) is 0. The van der Waals surface area contributed by atoms with Crippen molar-refractivity contribution in [3.63, 3.8) is 0 Å². The molecule has 0 amide bonds. The van der Waals surface area contributed by atoms with Gasteiger partial charge in [0, 0.05) is 5.02 Å². The maximum atomic E-state index is 6.04. The van der Waals surface area contributed by atoms with Gasteiger partial charge in [0.2, 0.25) is 0 Å². The van der Waals surface area contributed by atoms with E-state index in [-0.39, 0.29) is 6.04 Å². The highest BCUT2D eigenvalue weighted by molar-refractivity contribution is 6.30. The molecule has 0 aliphatic heterocycles. The monoisotopic (exact) mass is 275 g/mol. The van der Waals surface area contributed by atoms with Crippen LogP contribution in [0.1, 0.15) is 18.5 Å². The van der Waals surface area contributed by atoms with E-state index in [1.165, 1.54) is 0 Å². The number of halogens is 1. The van der Waals surface area contributed by atoms with Crippen molar-refractivity contribution in [3.05, 3.63) is 65.2 Å². The molecule has 0 bridgehead atoms. The average molecular weight is 276 g/mol. The Morgan fingerprint density at radius 1 is 1.11 bits per heavy atom. The summed E-state index contributed by atoms with van der Waals surface area (Å²) in [7, 11) is 0. The molecule has 0 saturated heterocycles. The minimum absolute atomic E-state index is 0.143. The molecule has 0 spiro atoms. The minimum atomic E-state index is 0.143. The first-order valence-corrected chi connectivity index (χ1v) is 6.84. The van der Waals surface area contributed by atoms with E-state index in [1.807, 2.05) is 48.5 Å². The Labute approximate surface area is 119 Å². The molecular formula is C16H18ClNO. The van der Waals surface area contributed by atoms with E-state index in [0.717, 1.165) is 22.9 Å². The van der Waals surface area contributed by atoms with Crippen LogP contribution in [0.25, 0.3) is 0 Å². The molecule has 1 N–H and O–H groups in total. The third-order valence-electron chi connectivity index (χ3n) is 2.86. The van der Waals surface area contributed by atoms with Crippen molar-refractivity contribution in [1.82, 2.24) is 5.32 Å². The Bertz CT molecular complexity index is 501. The Hall–Kier alpha value is -1.51. The number of ether oxygens (including phenoxy) is 1. The summed E-state index contributed by atoms with van der Waals surface area (Å²) < 4.78 is 5.81. The van der Waals surface area contributed by atoms with Gasteiger partial charge >= 0.3 is 0 Å². The van der Waals surface area contributed by atoms with E-state index in [4.69, 9.17) is 16.3 Å². The summed E-state index contributed by atoms with van der Waals surface area (Å²) in [5, 5.41) is 4.16. The maximum absolute atomic E-state index is 6.04. The van der Waals surface area contributed by atoms with E-state index >= 15 is 0 Å². The van der Waals surface area contributed by atoms with Gasteiger partial charge in [-0.1, -0.05) is 48.9 Å². The fraction of sp³-hybridized carbons (Fsp3) is 0.250. The van der Waals surface area contributed by atoms with Gasteiger partial charge < -0.3 is 10.1 Å². The predicted molar refractivity (Wildman–Crippen MR) is 79.8 cm³/mol. The lowest BCUT2D eigenvalue weighted by molar-refractivity contribution is 0.268. The lowest BCUT2D eigenvalue weighted by atomic mass is 10.1. The number of hydrogen-bond donors (Lipinski definition) is 1. The van der Waals surface area contributed by atoms with Crippen LogP contribution < -0.4 is 10.1 Å². The molecule has 0 radical (unpaired) electrons. The topological polar surface area (TPSA) is 21.3 Å². The first-order chi connectivity index (χ1) is 9.29. The molecule has 100 valence electrons. The fourth-order valence-electron chi connectivity index (χ4n) is 1.94. The number of nitrogens with one attached hydrogen (secondary N) is 1.